The molecule has 0 amide bonds. The quantitative estimate of drug-likeness (QED) is 0.665. The molecule has 17 heavy (non-hydrogen) atoms. The van der Waals surface area contributed by atoms with E-state index < -0.39 is 0 Å². The van der Waals surface area contributed by atoms with Gasteiger partial charge in [0, 0.05) is 13.7 Å². The Bertz CT molecular complexity index is 177. The Hall–Kier alpha value is -0.120. The lowest BCUT2D eigenvalue weighted by Gasteiger charge is -2.39. The first kappa shape index (κ1) is 14.9. The van der Waals surface area contributed by atoms with Crippen molar-refractivity contribution in [2.75, 3.05) is 33.4 Å². The first-order valence-corrected chi connectivity index (χ1v) is 7.06. The van der Waals surface area contributed by atoms with Crippen LogP contribution in [0.25, 0.3) is 0 Å². The molecule has 0 heterocycles. The monoisotopic (exact) mass is 243 g/mol. The lowest BCUT2D eigenvalue weighted by Crippen LogP contribution is -2.46. The molecule has 0 bridgehead atoms. The normalized spacial score (nSPS) is 29.5. The van der Waals surface area contributed by atoms with Crippen LogP contribution >= 0.6 is 0 Å². The van der Waals surface area contributed by atoms with E-state index in [4.69, 9.17) is 9.47 Å². The molecule has 1 saturated carbocycles. The standard InChI is InChI=1S/C14H29NO2/c1-4-9-15-12-14(17-11-10-16-3)7-5-13(2)6-8-14/h13,15H,4-12H2,1-3H3. The largest absolute Gasteiger partial charge is 0.382 e. The van der Waals surface area contributed by atoms with Crippen molar-refractivity contribution in [3.8, 4) is 0 Å². The first-order valence-electron chi connectivity index (χ1n) is 7.06. The van der Waals surface area contributed by atoms with Crippen LogP contribution in [0, 0.1) is 5.92 Å². The minimum atomic E-state index is 0.0697. The minimum absolute atomic E-state index is 0.0697. The zero-order valence-corrected chi connectivity index (χ0v) is 11.8. The molecule has 0 aromatic carbocycles. The van der Waals surface area contributed by atoms with E-state index in [-0.39, 0.29) is 5.60 Å². The van der Waals surface area contributed by atoms with Gasteiger partial charge in [0.15, 0.2) is 0 Å². The van der Waals surface area contributed by atoms with Gasteiger partial charge in [-0.1, -0.05) is 13.8 Å². The van der Waals surface area contributed by atoms with E-state index in [1.807, 2.05) is 0 Å². The molecule has 3 nitrogen and oxygen atoms in total. The van der Waals surface area contributed by atoms with Crippen molar-refractivity contribution in [2.24, 2.45) is 5.92 Å². The van der Waals surface area contributed by atoms with Gasteiger partial charge in [0.1, 0.15) is 0 Å². The molecule has 1 aliphatic rings. The lowest BCUT2D eigenvalue weighted by atomic mass is 9.79. The molecular formula is C14H29NO2. The average molecular weight is 243 g/mol. The van der Waals surface area contributed by atoms with E-state index in [0.717, 1.165) is 25.6 Å². The summed E-state index contributed by atoms with van der Waals surface area (Å²) in [6.45, 7) is 8.05. The highest BCUT2D eigenvalue weighted by Crippen LogP contribution is 2.34. The van der Waals surface area contributed by atoms with Crippen molar-refractivity contribution < 1.29 is 9.47 Å². The Kier molecular flexibility index (Phi) is 7.09. The van der Waals surface area contributed by atoms with Crippen LogP contribution in [0.3, 0.4) is 0 Å². The summed E-state index contributed by atoms with van der Waals surface area (Å²) < 4.78 is 11.2. The molecule has 3 heteroatoms. The third-order valence-corrected chi connectivity index (χ3v) is 3.76. The molecule has 0 atom stereocenters. The summed E-state index contributed by atoms with van der Waals surface area (Å²) in [5.74, 6) is 0.861. The molecule has 1 rings (SSSR count). The van der Waals surface area contributed by atoms with Crippen LogP contribution in [-0.4, -0.2) is 39.0 Å². The Morgan fingerprint density at radius 2 is 1.94 bits per heavy atom. The summed E-state index contributed by atoms with van der Waals surface area (Å²) >= 11 is 0. The van der Waals surface area contributed by atoms with E-state index in [2.05, 4.69) is 19.2 Å². The maximum Gasteiger partial charge on any atom is 0.0807 e. The van der Waals surface area contributed by atoms with Crippen molar-refractivity contribution in [2.45, 2.75) is 51.6 Å². The zero-order valence-electron chi connectivity index (χ0n) is 11.8. The molecular weight excluding hydrogens is 214 g/mol. The highest BCUT2D eigenvalue weighted by Gasteiger charge is 2.34. The van der Waals surface area contributed by atoms with Gasteiger partial charge in [-0.3, -0.25) is 0 Å². The second kappa shape index (κ2) is 8.06. The summed E-state index contributed by atoms with van der Waals surface area (Å²) in [4.78, 5) is 0. The van der Waals surface area contributed by atoms with Gasteiger partial charge in [-0.25, -0.2) is 0 Å². The van der Waals surface area contributed by atoms with Gasteiger partial charge in [0.2, 0.25) is 0 Å². The summed E-state index contributed by atoms with van der Waals surface area (Å²) in [5, 5.41) is 3.52. The fraction of sp³-hybridized carbons (Fsp3) is 1.00. The maximum absolute atomic E-state index is 6.12. The van der Waals surface area contributed by atoms with E-state index >= 15 is 0 Å². The van der Waals surface area contributed by atoms with Crippen LogP contribution in [0.5, 0.6) is 0 Å². The second-order valence-corrected chi connectivity index (χ2v) is 5.38. The van der Waals surface area contributed by atoms with Gasteiger partial charge in [0.25, 0.3) is 0 Å². The van der Waals surface area contributed by atoms with E-state index in [1.165, 1.54) is 32.1 Å². The number of nitrogens with one attached hydrogen (secondary N) is 1. The molecule has 0 saturated heterocycles. The van der Waals surface area contributed by atoms with Gasteiger partial charge in [-0.15, -0.1) is 0 Å². The highest BCUT2D eigenvalue weighted by atomic mass is 16.5. The van der Waals surface area contributed by atoms with Crippen LogP contribution < -0.4 is 5.32 Å². The minimum Gasteiger partial charge on any atom is -0.382 e. The maximum atomic E-state index is 6.12. The summed E-state index contributed by atoms with van der Waals surface area (Å²) in [7, 11) is 1.73. The topological polar surface area (TPSA) is 30.5 Å². The average Bonchev–Trinajstić information content (AvgIpc) is 2.34. The number of rotatable bonds is 8. The number of hydrogen-bond acceptors (Lipinski definition) is 3. The predicted molar refractivity (Wildman–Crippen MR) is 71.4 cm³/mol. The van der Waals surface area contributed by atoms with Gasteiger partial charge in [-0.05, 0) is 44.6 Å². The molecule has 1 aliphatic carbocycles. The molecule has 1 fully saturated rings. The van der Waals surface area contributed by atoms with Crippen molar-refractivity contribution in [1.29, 1.82) is 0 Å². The van der Waals surface area contributed by atoms with Gasteiger partial charge >= 0.3 is 0 Å². The van der Waals surface area contributed by atoms with Crippen molar-refractivity contribution in [3.05, 3.63) is 0 Å². The highest BCUT2D eigenvalue weighted by molar-refractivity contribution is 4.88. The Balaban J connectivity index is 2.39. The summed E-state index contributed by atoms with van der Waals surface area (Å²) in [6, 6.07) is 0. The van der Waals surface area contributed by atoms with Crippen LogP contribution in [0.1, 0.15) is 46.0 Å². The van der Waals surface area contributed by atoms with Crippen molar-refractivity contribution in [1.82, 2.24) is 5.32 Å². The van der Waals surface area contributed by atoms with Gasteiger partial charge < -0.3 is 14.8 Å². The molecule has 0 spiro atoms. The van der Waals surface area contributed by atoms with E-state index in [9.17, 15) is 0 Å². The Morgan fingerprint density at radius 3 is 2.53 bits per heavy atom. The van der Waals surface area contributed by atoms with Crippen LogP contribution in [0.15, 0.2) is 0 Å². The molecule has 1 N–H and O–H groups in total. The van der Waals surface area contributed by atoms with E-state index in [1.54, 1.807) is 7.11 Å². The summed E-state index contributed by atoms with van der Waals surface area (Å²) in [6.07, 6.45) is 6.15. The fourth-order valence-electron chi connectivity index (χ4n) is 2.49. The van der Waals surface area contributed by atoms with Crippen LogP contribution in [-0.2, 0) is 9.47 Å². The zero-order chi connectivity index (χ0) is 12.6. The number of hydrogen-bond donors (Lipinski definition) is 1. The Morgan fingerprint density at radius 1 is 1.24 bits per heavy atom. The van der Waals surface area contributed by atoms with Gasteiger partial charge in [-0.2, -0.15) is 0 Å². The van der Waals surface area contributed by atoms with Crippen molar-refractivity contribution in [3.63, 3.8) is 0 Å². The van der Waals surface area contributed by atoms with Gasteiger partial charge in [0.05, 0.1) is 18.8 Å². The lowest BCUT2D eigenvalue weighted by molar-refractivity contribution is -0.0879. The molecule has 0 radical (unpaired) electrons. The third-order valence-electron chi connectivity index (χ3n) is 3.76. The van der Waals surface area contributed by atoms with Crippen LogP contribution in [0.4, 0.5) is 0 Å². The summed E-state index contributed by atoms with van der Waals surface area (Å²) in [5.41, 5.74) is 0.0697. The fourth-order valence-corrected chi connectivity index (χ4v) is 2.49. The smallest absolute Gasteiger partial charge is 0.0807 e. The third kappa shape index (κ3) is 5.36. The van der Waals surface area contributed by atoms with Crippen LogP contribution in [0.2, 0.25) is 0 Å². The second-order valence-electron chi connectivity index (χ2n) is 5.38. The number of methoxy groups -OCH3 is 1. The predicted octanol–water partition coefficient (Wildman–Crippen LogP) is 2.60. The molecule has 102 valence electrons. The SMILES string of the molecule is CCCNCC1(OCCOC)CCC(C)CC1. The molecule has 0 aliphatic heterocycles. The Labute approximate surface area is 106 Å². The molecule has 0 aromatic rings. The number of ether oxygens (including phenoxy) is 2. The molecule has 0 aromatic heterocycles. The molecule has 0 unspecified atom stereocenters. The van der Waals surface area contributed by atoms with E-state index in [0.29, 0.717) is 6.61 Å². The van der Waals surface area contributed by atoms with Crippen molar-refractivity contribution >= 4 is 0 Å². The first-order chi connectivity index (χ1) is 8.22.